The van der Waals surface area contributed by atoms with Crippen molar-refractivity contribution < 1.29 is 23.5 Å². The van der Waals surface area contributed by atoms with E-state index >= 15 is 0 Å². The van der Waals surface area contributed by atoms with Crippen molar-refractivity contribution in [2.75, 3.05) is 26.2 Å². The summed E-state index contributed by atoms with van der Waals surface area (Å²) in [4.78, 5) is 37.0. The number of piperidine rings is 1. The molecule has 1 aliphatic heterocycles. The summed E-state index contributed by atoms with van der Waals surface area (Å²) < 4.78 is 19.7. The first kappa shape index (κ1) is 20.7. The summed E-state index contributed by atoms with van der Waals surface area (Å²) in [6, 6.07) is 8.92. The van der Waals surface area contributed by atoms with E-state index in [9.17, 15) is 18.8 Å². The van der Waals surface area contributed by atoms with Crippen LogP contribution in [-0.2, 0) is 20.9 Å². The van der Waals surface area contributed by atoms with Crippen LogP contribution < -0.4 is 10.6 Å². The Morgan fingerprint density at radius 1 is 1.15 bits per heavy atom. The highest BCUT2D eigenvalue weighted by molar-refractivity contribution is 5.85. The van der Waals surface area contributed by atoms with E-state index < -0.39 is 11.6 Å². The first-order valence-corrected chi connectivity index (χ1v) is 9.14. The van der Waals surface area contributed by atoms with Crippen LogP contribution >= 0.6 is 0 Å². The summed E-state index contributed by atoms with van der Waals surface area (Å²) in [5.74, 6) is -1.02. The molecule has 1 aliphatic rings. The van der Waals surface area contributed by atoms with Gasteiger partial charge in [0.05, 0.1) is 13.0 Å². The first-order chi connectivity index (χ1) is 12.9. The van der Waals surface area contributed by atoms with Gasteiger partial charge in [-0.15, -0.1) is 0 Å². The molecule has 148 valence electrons. The maximum atomic E-state index is 14.9. The third-order valence-corrected chi connectivity index (χ3v) is 4.46. The van der Waals surface area contributed by atoms with Gasteiger partial charge < -0.3 is 20.3 Å². The molecule has 0 spiro atoms. The van der Waals surface area contributed by atoms with E-state index in [0.717, 1.165) is 5.56 Å². The quantitative estimate of drug-likeness (QED) is 0.707. The van der Waals surface area contributed by atoms with Gasteiger partial charge in [0.15, 0.2) is 5.67 Å². The second-order valence-corrected chi connectivity index (χ2v) is 6.41. The lowest BCUT2D eigenvalue weighted by atomic mass is 9.92. The van der Waals surface area contributed by atoms with E-state index in [0.29, 0.717) is 6.61 Å². The number of hydrogen-bond donors (Lipinski definition) is 2. The lowest BCUT2D eigenvalue weighted by Crippen LogP contribution is -2.53. The van der Waals surface area contributed by atoms with E-state index in [-0.39, 0.29) is 57.4 Å². The number of amides is 3. The van der Waals surface area contributed by atoms with Crippen molar-refractivity contribution in [3.8, 4) is 0 Å². The summed E-state index contributed by atoms with van der Waals surface area (Å²) in [5, 5.41) is 5.24. The molecule has 27 heavy (non-hydrogen) atoms. The van der Waals surface area contributed by atoms with Crippen LogP contribution in [0.3, 0.4) is 0 Å². The largest absolute Gasteiger partial charge is 0.466 e. The number of esters is 1. The molecule has 0 unspecified atom stereocenters. The number of rotatable bonds is 7. The highest BCUT2D eigenvalue weighted by atomic mass is 19.1. The van der Waals surface area contributed by atoms with E-state index in [1.54, 1.807) is 6.92 Å². The normalized spacial score (nSPS) is 15.7. The topological polar surface area (TPSA) is 87.7 Å². The molecular weight excluding hydrogens is 353 g/mol. The van der Waals surface area contributed by atoms with Gasteiger partial charge in [0.1, 0.15) is 0 Å². The Morgan fingerprint density at radius 3 is 2.44 bits per heavy atom. The Bertz CT molecular complexity index is 646. The number of likely N-dealkylation sites (tertiary alicyclic amines) is 1. The van der Waals surface area contributed by atoms with Crippen LogP contribution in [0.2, 0.25) is 0 Å². The smallest absolute Gasteiger partial charge is 0.317 e. The number of halogens is 1. The zero-order valence-electron chi connectivity index (χ0n) is 15.5. The lowest BCUT2D eigenvalue weighted by molar-refractivity contribution is -0.143. The van der Waals surface area contributed by atoms with Gasteiger partial charge in [0, 0.05) is 39.0 Å². The van der Waals surface area contributed by atoms with Gasteiger partial charge in [-0.1, -0.05) is 30.3 Å². The Balaban J connectivity index is 1.73. The average molecular weight is 379 g/mol. The van der Waals surface area contributed by atoms with Crippen molar-refractivity contribution in [1.29, 1.82) is 0 Å². The van der Waals surface area contributed by atoms with Crippen LogP contribution in [0.5, 0.6) is 0 Å². The number of nitrogens with zero attached hydrogens (tertiary/aromatic N) is 1. The van der Waals surface area contributed by atoms with E-state index in [2.05, 4.69) is 10.6 Å². The molecule has 2 N–H and O–H groups in total. The molecule has 7 nitrogen and oxygen atoms in total. The van der Waals surface area contributed by atoms with Gasteiger partial charge >= 0.3 is 12.0 Å². The molecule has 3 amide bonds. The molecule has 1 heterocycles. The monoisotopic (exact) mass is 379 g/mol. The fraction of sp³-hybridized carbons (Fsp3) is 0.526. The Kier molecular flexibility index (Phi) is 7.57. The molecule has 1 saturated heterocycles. The number of carbonyl (C=O) groups excluding carboxylic acids is 3. The van der Waals surface area contributed by atoms with Crippen molar-refractivity contribution in [2.24, 2.45) is 0 Å². The minimum Gasteiger partial charge on any atom is -0.466 e. The number of ether oxygens (including phenoxy) is 1. The summed E-state index contributed by atoms with van der Waals surface area (Å²) >= 11 is 0. The maximum absolute atomic E-state index is 14.9. The van der Waals surface area contributed by atoms with E-state index in [1.807, 2.05) is 30.3 Å². The van der Waals surface area contributed by atoms with Gasteiger partial charge in [-0.3, -0.25) is 9.59 Å². The second-order valence-electron chi connectivity index (χ2n) is 6.41. The third-order valence-electron chi connectivity index (χ3n) is 4.46. The van der Waals surface area contributed by atoms with E-state index in [1.165, 1.54) is 4.90 Å². The molecule has 1 aromatic carbocycles. The minimum atomic E-state index is -1.98. The molecule has 0 radical (unpaired) electrons. The molecule has 1 aromatic rings. The highest BCUT2D eigenvalue weighted by Gasteiger charge is 2.42. The van der Waals surface area contributed by atoms with Gasteiger partial charge in [-0.25, -0.2) is 9.18 Å². The predicted octanol–water partition coefficient (Wildman–Crippen LogP) is 1.77. The molecular formula is C19H26FN3O4. The molecule has 2 rings (SSSR count). The van der Waals surface area contributed by atoms with Crippen molar-refractivity contribution in [2.45, 2.75) is 38.4 Å². The summed E-state index contributed by atoms with van der Waals surface area (Å²) in [6.07, 6.45) is -0.0276. The van der Waals surface area contributed by atoms with Gasteiger partial charge in [0.2, 0.25) is 0 Å². The molecule has 1 fully saturated rings. The number of hydrogen-bond acceptors (Lipinski definition) is 4. The SMILES string of the molecule is CCOC(=O)CCNC(=O)N1CCC(F)(C(=O)NCc2ccccc2)CC1. The number of benzene rings is 1. The standard InChI is InChI=1S/C19H26FN3O4/c1-2-27-16(24)8-11-21-18(26)23-12-9-19(20,10-13-23)17(25)22-14-15-6-4-3-5-7-15/h3-7H,2,8-14H2,1H3,(H,21,26)(H,22,25). The Labute approximate surface area is 158 Å². The van der Waals surface area contributed by atoms with Crippen molar-refractivity contribution in [3.05, 3.63) is 35.9 Å². The summed E-state index contributed by atoms with van der Waals surface area (Å²) in [7, 11) is 0. The van der Waals surface area contributed by atoms with Crippen LogP contribution in [0, 0.1) is 0 Å². The molecule has 0 aromatic heterocycles. The van der Waals surface area contributed by atoms with Crippen LogP contribution in [0.1, 0.15) is 31.7 Å². The number of alkyl halides is 1. The fourth-order valence-electron chi connectivity index (χ4n) is 2.84. The zero-order valence-corrected chi connectivity index (χ0v) is 15.5. The molecule has 0 aliphatic carbocycles. The lowest BCUT2D eigenvalue weighted by Gasteiger charge is -2.35. The van der Waals surface area contributed by atoms with Crippen molar-refractivity contribution in [3.63, 3.8) is 0 Å². The second kappa shape index (κ2) is 9.89. The summed E-state index contributed by atoms with van der Waals surface area (Å²) in [6.45, 7) is 2.71. The number of nitrogens with one attached hydrogen (secondary N) is 2. The first-order valence-electron chi connectivity index (χ1n) is 9.14. The van der Waals surface area contributed by atoms with E-state index in [4.69, 9.17) is 4.74 Å². The molecule has 0 atom stereocenters. The Morgan fingerprint density at radius 2 is 1.81 bits per heavy atom. The zero-order chi connectivity index (χ0) is 19.7. The molecule has 0 saturated carbocycles. The minimum absolute atomic E-state index is 0.0566. The van der Waals surface area contributed by atoms with Crippen LogP contribution in [-0.4, -0.2) is 54.7 Å². The molecule has 8 heteroatoms. The number of carbonyl (C=O) groups is 3. The van der Waals surface area contributed by atoms with Crippen LogP contribution in [0.15, 0.2) is 30.3 Å². The predicted molar refractivity (Wildman–Crippen MR) is 97.6 cm³/mol. The van der Waals surface area contributed by atoms with Gasteiger partial charge in [-0.2, -0.15) is 0 Å². The fourth-order valence-corrected chi connectivity index (χ4v) is 2.84. The maximum Gasteiger partial charge on any atom is 0.317 e. The highest BCUT2D eigenvalue weighted by Crippen LogP contribution is 2.27. The van der Waals surface area contributed by atoms with Crippen molar-refractivity contribution in [1.82, 2.24) is 15.5 Å². The average Bonchev–Trinajstić information content (AvgIpc) is 2.67. The number of urea groups is 1. The van der Waals surface area contributed by atoms with Crippen LogP contribution in [0.25, 0.3) is 0 Å². The van der Waals surface area contributed by atoms with Crippen molar-refractivity contribution >= 4 is 17.9 Å². The van der Waals surface area contributed by atoms with Gasteiger partial charge in [0.25, 0.3) is 5.91 Å². The summed E-state index contributed by atoms with van der Waals surface area (Å²) in [5.41, 5.74) is -1.08. The third kappa shape index (κ3) is 6.23. The Hall–Kier alpha value is -2.64. The van der Waals surface area contributed by atoms with Gasteiger partial charge in [-0.05, 0) is 12.5 Å². The molecule has 0 bridgehead atoms. The van der Waals surface area contributed by atoms with Crippen LogP contribution in [0.4, 0.5) is 9.18 Å².